The van der Waals surface area contributed by atoms with Crippen LogP contribution in [0.3, 0.4) is 0 Å². The Morgan fingerprint density at radius 2 is 2.14 bits per heavy atom. The third-order valence-electron chi connectivity index (χ3n) is 4.57. The van der Waals surface area contributed by atoms with Crippen LogP contribution in [0.2, 0.25) is 5.02 Å². The van der Waals surface area contributed by atoms with Gasteiger partial charge in [0.15, 0.2) is 0 Å². The Hall–Kier alpha value is -3.20. The lowest BCUT2D eigenvalue weighted by Gasteiger charge is -2.19. The van der Waals surface area contributed by atoms with Gasteiger partial charge in [0.25, 0.3) is 0 Å². The van der Waals surface area contributed by atoms with E-state index in [9.17, 15) is 9.18 Å². The minimum atomic E-state index is -0.710. The molecule has 1 aromatic carbocycles. The number of benzene rings is 1. The smallest absolute Gasteiger partial charge is 0.416 e. The molecule has 0 spiro atoms. The van der Waals surface area contributed by atoms with Gasteiger partial charge in [-0.2, -0.15) is 10.1 Å². The van der Waals surface area contributed by atoms with E-state index >= 15 is 0 Å². The Morgan fingerprint density at radius 1 is 1.34 bits per heavy atom. The zero-order chi connectivity index (χ0) is 20.4. The highest BCUT2D eigenvalue weighted by molar-refractivity contribution is 6.30. The lowest BCUT2D eigenvalue weighted by atomic mass is 10.2. The molecular formula is C19H18ClFN6O2. The number of amides is 1. The highest BCUT2D eigenvalue weighted by Crippen LogP contribution is 2.24. The van der Waals surface area contributed by atoms with Gasteiger partial charge >= 0.3 is 6.09 Å². The van der Waals surface area contributed by atoms with E-state index in [1.807, 2.05) is 25.3 Å². The number of hydrogen-bond acceptors (Lipinski definition) is 6. The molecular weight excluding hydrogens is 399 g/mol. The number of halogens is 2. The number of nitrogens with one attached hydrogen (secondary N) is 1. The van der Waals surface area contributed by atoms with Crippen LogP contribution in [-0.2, 0) is 4.74 Å². The predicted octanol–water partition coefficient (Wildman–Crippen LogP) is 3.78. The summed E-state index contributed by atoms with van der Waals surface area (Å²) < 4.78 is 19.8. The quantitative estimate of drug-likeness (QED) is 0.658. The van der Waals surface area contributed by atoms with Crippen LogP contribution in [0.15, 0.2) is 48.9 Å². The molecule has 8 nitrogen and oxygen atoms in total. The zero-order valence-electron chi connectivity index (χ0n) is 15.5. The highest BCUT2D eigenvalue weighted by atomic mass is 35.5. The van der Waals surface area contributed by atoms with Crippen molar-refractivity contribution < 1.29 is 13.9 Å². The van der Waals surface area contributed by atoms with Gasteiger partial charge in [0.05, 0.1) is 17.9 Å². The topological polar surface area (TPSA) is 85.2 Å². The molecule has 1 amide bonds. The molecule has 150 valence electrons. The molecule has 10 heteroatoms. The molecule has 0 unspecified atom stereocenters. The molecule has 1 fully saturated rings. The fraction of sp³-hybridized carbons (Fsp3) is 0.263. The number of cyclic esters (lactones) is 1. The van der Waals surface area contributed by atoms with E-state index in [1.165, 1.54) is 11.1 Å². The summed E-state index contributed by atoms with van der Waals surface area (Å²) in [7, 11) is 0. The second kappa shape index (κ2) is 8.04. The van der Waals surface area contributed by atoms with Crippen molar-refractivity contribution in [2.45, 2.75) is 19.0 Å². The summed E-state index contributed by atoms with van der Waals surface area (Å²) in [4.78, 5) is 21.6. The number of hydrogen-bond donors (Lipinski definition) is 1. The van der Waals surface area contributed by atoms with Gasteiger partial charge < -0.3 is 10.1 Å². The van der Waals surface area contributed by atoms with Crippen LogP contribution in [0.25, 0.3) is 5.69 Å². The molecule has 1 aliphatic rings. The van der Waals surface area contributed by atoms with Gasteiger partial charge in [-0.1, -0.05) is 11.6 Å². The first-order valence-electron chi connectivity index (χ1n) is 8.97. The number of anilines is 2. The molecule has 0 bridgehead atoms. The standard InChI is InChI=1S/C19H18ClFN6O2/c1-12(13-9-23-26(10-13)15-4-2-14(20)3-5-15)24-18-22-7-6-17(25-18)27-16(8-21)11-29-19(27)28/h2-7,9-10,12,16H,8,11H2,1H3,(H,22,24,25)/t12-,16-/m0/s1. The largest absolute Gasteiger partial charge is 0.447 e. The van der Waals surface area contributed by atoms with Gasteiger partial charge in [-0.05, 0) is 37.3 Å². The van der Waals surface area contributed by atoms with Gasteiger partial charge in [0, 0.05) is 23.0 Å². The number of alkyl halides is 1. The van der Waals surface area contributed by atoms with Gasteiger partial charge in [0.2, 0.25) is 5.95 Å². The van der Waals surface area contributed by atoms with Crippen LogP contribution >= 0.6 is 11.6 Å². The van der Waals surface area contributed by atoms with Crippen LogP contribution in [-0.4, -0.2) is 45.2 Å². The summed E-state index contributed by atoms with van der Waals surface area (Å²) in [5.74, 6) is 0.600. The Kier molecular flexibility index (Phi) is 5.30. The average molecular weight is 417 g/mol. The van der Waals surface area contributed by atoms with Crippen molar-refractivity contribution in [1.29, 1.82) is 0 Å². The number of nitrogens with zero attached hydrogens (tertiary/aromatic N) is 5. The summed E-state index contributed by atoms with van der Waals surface area (Å²) in [6.45, 7) is 1.23. The zero-order valence-corrected chi connectivity index (χ0v) is 16.3. The second-order valence-electron chi connectivity index (χ2n) is 6.55. The molecule has 1 N–H and O–H groups in total. The molecule has 1 saturated heterocycles. The lowest BCUT2D eigenvalue weighted by molar-refractivity contribution is 0.177. The Bertz CT molecular complexity index is 1010. The van der Waals surface area contributed by atoms with Crippen LogP contribution in [0.4, 0.5) is 21.0 Å². The molecule has 4 rings (SSSR count). The van der Waals surface area contributed by atoms with E-state index in [-0.39, 0.29) is 18.5 Å². The Labute approximate surface area is 171 Å². The number of aromatic nitrogens is 4. The SMILES string of the molecule is C[C@H](Nc1nccc(N2C(=O)OC[C@@H]2CF)n1)c1cnn(-c2ccc(Cl)cc2)c1. The summed E-state index contributed by atoms with van der Waals surface area (Å²) in [5, 5.41) is 8.20. The molecule has 0 radical (unpaired) electrons. The van der Waals surface area contributed by atoms with E-state index < -0.39 is 18.8 Å². The van der Waals surface area contributed by atoms with Crippen LogP contribution in [0, 0.1) is 0 Å². The fourth-order valence-corrected chi connectivity index (χ4v) is 3.11. The van der Waals surface area contributed by atoms with Gasteiger partial charge in [-0.25, -0.2) is 18.9 Å². The maximum absolute atomic E-state index is 13.2. The van der Waals surface area contributed by atoms with E-state index in [0.29, 0.717) is 11.0 Å². The molecule has 2 aromatic heterocycles. The lowest BCUT2D eigenvalue weighted by Crippen LogP contribution is -2.35. The molecule has 0 aliphatic carbocycles. The maximum atomic E-state index is 13.2. The average Bonchev–Trinajstić information content (AvgIpc) is 3.35. The number of carbonyl (C=O) groups excluding carboxylic acids is 1. The summed E-state index contributed by atoms with van der Waals surface area (Å²) in [6, 6.07) is 8.05. The predicted molar refractivity (Wildman–Crippen MR) is 106 cm³/mol. The van der Waals surface area contributed by atoms with Crippen LogP contribution < -0.4 is 10.2 Å². The number of ether oxygens (including phenoxy) is 1. The highest BCUT2D eigenvalue weighted by Gasteiger charge is 2.35. The van der Waals surface area contributed by atoms with Crippen LogP contribution in [0.1, 0.15) is 18.5 Å². The fourth-order valence-electron chi connectivity index (χ4n) is 2.98. The molecule has 0 saturated carbocycles. The molecule has 3 heterocycles. The van der Waals surface area contributed by atoms with E-state index in [0.717, 1.165) is 11.3 Å². The maximum Gasteiger partial charge on any atom is 0.416 e. The van der Waals surface area contributed by atoms with Gasteiger partial charge in [0.1, 0.15) is 25.1 Å². The van der Waals surface area contributed by atoms with Gasteiger partial charge in [-0.15, -0.1) is 0 Å². The number of carbonyl (C=O) groups is 1. The first-order chi connectivity index (χ1) is 14.0. The monoisotopic (exact) mass is 416 g/mol. The van der Waals surface area contributed by atoms with E-state index in [2.05, 4.69) is 20.4 Å². The molecule has 1 aliphatic heterocycles. The van der Waals surface area contributed by atoms with Crippen LogP contribution in [0.5, 0.6) is 0 Å². The third kappa shape index (κ3) is 4.00. The van der Waals surface area contributed by atoms with Gasteiger partial charge in [-0.3, -0.25) is 4.90 Å². The Morgan fingerprint density at radius 3 is 2.90 bits per heavy atom. The van der Waals surface area contributed by atoms with Crippen molar-refractivity contribution in [3.05, 3.63) is 59.5 Å². The summed E-state index contributed by atoms with van der Waals surface area (Å²) in [5.41, 5.74) is 1.80. The second-order valence-corrected chi connectivity index (χ2v) is 6.99. The van der Waals surface area contributed by atoms with Crippen molar-refractivity contribution in [3.8, 4) is 5.69 Å². The number of rotatable bonds is 6. The Balaban J connectivity index is 1.50. The molecule has 29 heavy (non-hydrogen) atoms. The van der Waals surface area contributed by atoms with Crippen molar-refractivity contribution in [3.63, 3.8) is 0 Å². The van der Waals surface area contributed by atoms with E-state index in [4.69, 9.17) is 16.3 Å². The molecule has 3 aromatic rings. The van der Waals surface area contributed by atoms with Crippen molar-refractivity contribution in [2.75, 3.05) is 23.5 Å². The van der Waals surface area contributed by atoms with Crippen molar-refractivity contribution in [1.82, 2.24) is 19.7 Å². The van der Waals surface area contributed by atoms with Crippen molar-refractivity contribution >= 4 is 29.5 Å². The summed E-state index contributed by atoms with van der Waals surface area (Å²) >= 11 is 5.93. The molecule has 2 atom stereocenters. The minimum Gasteiger partial charge on any atom is -0.447 e. The first-order valence-corrected chi connectivity index (χ1v) is 9.35. The normalized spacial score (nSPS) is 17.3. The van der Waals surface area contributed by atoms with E-state index in [1.54, 1.807) is 29.1 Å². The van der Waals surface area contributed by atoms with Crippen molar-refractivity contribution in [2.24, 2.45) is 0 Å². The third-order valence-corrected chi connectivity index (χ3v) is 4.82. The summed E-state index contributed by atoms with van der Waals surface area (Å²) in [6.07, 6.45) is 4.53. The first kappa shape index (κ1) is 19.1. The minimum absolute atomic E-state index is 0.00236.